The third-order valence-electron chi connectivity index (χ3n) is 4.90. The molecule has 2 saturated heterocycles. The van der Waals surface area contributed by atoms with Gasteiger partial charge in [0.05, 0.1) is 6.54 Å². The van der Waals surface area contributed by atoms with Crippen molar-refractivity contribution >= 4 is 5.91 Å². The highest BCUT2D eigenvalue weighted by molar-refractivity contribution is 5.79. The number of carbonyl (C=O) groups excluding carboxylic acids is 1. The topological polar surface area (TPSA) is 35.6 Å². The summed E-state index contributed by atoms with van der Waals surface area (Å²) in [5.41, 5.74) is 0. The lowest BCUT2D eigenvalue weighted by Crippen LogP contribution is -2.49. The molecule has 1 amide bonds. The van der Waals surface area contributed by atoms with Crippen molar-refractivity contribution in [2.24, 2.45) is 5.92 Å². The van der Waals surface area contributed by atoms with Crippen LogP contribution in [0.15, 0.2) is 0 Å². The van der Waals surface area contributed by atoms with Crippen molar-refractivity contribution in [1.29, 1.82) is 0 Å². The van der Waals surface area contributed by atoms with Gasteiger partial charge >= 0.3 is 0 Å². The van der Waals surface area contributed by atoms with Crippen LogP contribution in [-0.4, -0.2) is 61.0 Å². The van der Waals surface area contributed by atoms with Gasteiger partial charge in [-0.05, 0) is 25.2 Å². The van der Waals surface area contributed by atoms with E-state index in [0.717, 1.165) is 38.6 Å². The fraction of sp³-hybridized carbons (Fsp3) is 0.929. The smallest absolute Gasteiger partial charge is 0.237 e. The Labute approximate surface area is 110 Å². The molecule has 1 saturated carbocycles. The van der Waals surface area contributed by atoms with E-state index in [1.165, 1.54) is 32.1 Å². The number of nitrogens with zero attached hydrogens (tertiary/aromatic N) is 2. The van der Waals surface area contributed by atoms with Gasteiger partial charge in [0, 0.05) is 38.8 Å². The molecule has 2 aliphatic heterocycles. The Morgan fingerprint density at radius 1 is 1.06 bits per heavy atom. The van der Waals surface area contributed by atoms with Crippen LogP contribution in [-0.2, 0) is 4.79 Å². The Morgan fingerprint density at radius 2 is 1.83 bits per heavy atom. The number of likely N-dealkylation sites (tertiary alicyclic amines) is 1. The Morgan fingerprint density at radius 3 is 2.67 bits per heavy atom. The molecule has 2 unspecified atom stereocenters. The van der Waals surface area contributed by atoms with Gasteiger partial charge in [-0.2, -0.15) is 0 Å². The van der Waals surface area contributed by atoms with Crippen molar-refractivity contribution in [3.8, 4) is 0 Å². The molecular weight excluding hydrogens is 226 g/mol. The molecule has 4 heteroatoms. The molecule has 2 heterocycles. The Bertz CT molecular complexity index is 301. The van der Waals surface area contributed by atoms with Crippen LogP contribution in [0.2, 0.25) is 0 Å². The van der Waals surface area contributed by atoms with E-state index in [1.807, 2.05) is 0 Å². The van der Waals surface area contributed by atoms with E-state index in [9.17, 15) is 4.79 Å². The monoisotopic (exact) mass is 251 g/mol. The van der Waals surface area contributed by atoms with Gasteiger partial charge in [0.25, 0.3) is 0 Å². The summed E-state index contributed by atoms with van der Waals surface area (Å²) in [5.74, 6) is 1.19. The van der Waals surface area contributed by atoms with Crippen LogP contribution in [0.3, 0.4) is 0 Å². The summed E-state index contributed by atoms with van der Waals surface area (Å²) in [7, 11) is 0. The minimum atomic E-state index is 0.381. The molecule has 3 aliphatic rings. The highest BCUT2D eigenvalue weighted by atomic mass is 16.2. The van der Waals surface area contributed by atoms with E-state index in [1.54, 1.807) is 0 Å². The Hall–Kier alpha value is -0.610. The zero-order chi connectivity index (χ0) is 12.4. The first-order chi connectivity index (χ1) is 8.84. The standard InChI is InChI=1S/C14H25N3O/c18-14(11-16-9-6-15-7-10-16)17-8-5-12-3-1-2-4-13(12)17/h12-13,15H,1-11H2. The van der Waals surface area contributed by atoms with Crippen LogP contribution < -0.4 is 5.32 Å². The number of carbonyl (C=O) groups is 1. The van der Waals surface area contributed by atoms with E-state index < -0.39 is 0 Å². The third-order valence-corrected chi connectivity index (χ3v) is 4.90. The zero-order valence-corrected chi connectivity index (χ0v) is 11.2. The van der Waals surface area contributed by atoms with Crippen LogP contribution in [0.5, 0.6) is 0 Å². The maximum atomic E-state index is 12.4. The van der Waals surface area contributed by atoms with Gasteiger partial charge in [-0.3, -0.25) is 9.69 Å². The first-order valence-corrected chi connectivity index (χ1v) is 7.57. The minimum Gasteiger partial charge on any atom is -0.338 e. The van der Waals surface area contributed by atoms with Crippen molar-refractivity contribution < 1.29 is 4.79 Å². The minimum absolute atomic E-state index is 0.381. The first-order valence-electron chi connectivity index (χ1n) is 7.57. The Kier molecular flexibility index (Phi) is 3.85. The molecule has 0 radical (unpaired) electrons. The SMILES string of the molecule is O=C(CN1CCNCC1)N1CCC2CCCCC21. The van der Waals surface area contributed by atoms with Crippen LogP contribution in [0.25, 0.3) is 0 Å². The van der Waals surface area contributed by atoms with E-state index in [4.69, 9.17) is 0 Å². The fourth-order valence-electron chi connectivity index (χ4n) is 3.87. The summed E-state index contributed by atoms with van der Waals surface area (Å²) in [5, 5.41) is 3.34. The summed E-state index contributed by atoms with van der Waals surface area (Å²) < 4.78 is 0. The fourth-order valence-corrected chi connectivity index (χ4v) is 3.87. The maximum absolute atomic E-state index is 12.4. The van der Waals surface area contributed by atoms with Crippen molar-refractivity contribution in [1.82, 2.24) is 15.1 Å². The molecule has 1 aliphatic carbocycles. The number of piperazine rings is 1. The largest absolute Gasteiger partial charge is 0.338 e. The van der Waals surface area contributed by atoms with Crippen LogP contribution >= 0.6 is 0 Å². The van der Waals surface area contributed by atoms with Crippen molar-refractivity contribution in [2.75, 3.05) is 39.3 Å². The average Bonchev–Trinajstić information content (AvgIpc) is 2.84. The summed E-state index contributed by atoms with van der Waals surface area (Å²) in [6.45, 7) is 5.76. The molecule has 3 rings (SSSR count). The second-order valence-corrected chi connectivity index (χ2v) is 6.01. The molecular formula is C14H25N3O. The van der Waals surface area contributed by atoms with Crippen molar-refractivity contribution in [2.45, 2.75) is 38.1 Å². The summed E-state index contributed by atoms with van der Waals surface area (Å²) in [4.78, 5) is 16.9. The van der Waals surface area contributed by atoms with Gasteiger partial charge in [-0.1, -0.05) is 12.8 Å². The lowest BCUT2D eigenvalue weighted by molar-refractivity contribution is -0.134. The average molecular weight is 251 g/mol. The highest BCUT2D eigenvalue weighted by Crippen LogP contribution is 2.36. The molecule has 0 aromatic carbocycles. The number of amides is 1. The number of hydrogen-bond acceptors (Lipinski definition) is 3. The predicted octanol–water partition coefficient (Wildman–Crippen LogP) is 0.683. The van der Waals surface area contributed by atoms with Crippen molar-refractivity contribution in [3.05, 3.63) is 0 Å². The molecule has 1 N–H and O–H groups in total. The second kappa shape index (κ2) is 5.57. The second-order valence-electron chi connectivity index (χ2n) is 6.01. The molecule has 0 aromatic rings. The Balaban J connectivity index is 1.55. The molecule has 102 valence electrons. The van der Waals surface area contributed by atoms with E-state index >= 15 is 0 Å². The van der Waals surface area contributed by atoms with E-state index in [0.29, 0.717) is 18.5 Å². The highest BCUT2D eigenvalue weighted by Gasteiger charge is 2.38. The number of fused-ring (bicyclic) bond motifs is 1. The number of nitrogens with one attached hydrogen (secondary N) is 1. The lowest BCUT2D eigenvalue weighted by atomic mass is 9.85. The van der Waals surface area contributed by atoms with Crippen molar-refractivity contribution in [3.63, 3.8) is 0 Å². The van der Waals surface area contributed by atoms with E-state index in [-0.39, 0.29) is 0 Å². The molecule has 18 heavy (non-hydrogen) atoms. The zero-order valence-electron chi connectivity index (χ0n) is 11.2. The predicted molar refractivity (Wildman–Crippen MR) is 71.4 cm³/mol. The van der Waals surface area contributed by atoms with Gasteiger partial charge in [-0.25, -0.2) is 0 Å². The number of rotatable bonds is 2. The normalized spacial score (nSPS) is 33.4. The maximum Gasteiger partial charge on any atom is 0.237 e. The van der Waals surface area contributed by atoms with Crippen LogP contribution in [0, 0.1) is 5.92 Å². The number of hydrogen-bond donors (Lipinski definition) is 1. The molecule has 0 spiro atoms. The molecule has 0 bridgehead atoms. The summed E-state index contributed by atoms with van der Waals surface area (Å²) in [6, 6.07) is 0.578. The summed E-state index contributed by atoms with van der Waals surface area (Å²) in [6.07, 6.45) is 6.54. The quantitative estimate of drug-likeness (QED) is 0.784. The van der Waals surface area contributed by atoms with Crippen LogP contribution in [0.1, 0.15) is 32.1 Å². The van der Waals surface area contributed by atoms with Gasteiger partial charge in [-0.15, -0.1) is 0 Å². The van der Waals surface area contributed by atoms with Gasteiger partial charge in [0.2, 0.25) is 5.91 Å². The van der Waals surface area contributed by atoms with Gasteiger partial charge in [0.1, 0.15) is 0 Å². The van der Waals surface area contributed by atoms with E-state index in [2.05, 4.69) is 15.1 Å². The van der Waals surface area contributed by atoms with Gasteiger partial charge in [0.15, 0.2) is 0 Å². The first kappa shape index (κ1) is 12.4. The van der Waals surface area contributed by atoms with Crippen LogP contribution in [0.4, 0.5) is 0 Å². The third kappa shape index (κ3) is 2.54. The van der Waals surface area contributed by atoms with Gasteiger partial charge < -0.3 is 10.2 Å². The summed E-state index contributed by atoms with van der Waals surface area (Å²) >= 11 is 0. The molecule has 2 atom stereocenters. The molecule has 4 nitrogen and oxygen atoms in total. The lowest BCUT2D eigenvalue weighted by Gasteiger charge is -2.34. The molecule has 0 aromatic heterocycles. The molecule has 3 fully saturated rings.